The molecule has 0 radical (unpaired) electrons. The second-order valence-electron chi connectivity index (χ2n) is 3.23. The number of benzene rings is 1. The Bertz CT molecular complexity index is 236. The summed E-state index contributed by atoms with van der Waals surface area (Å²) in [5.74, 6) is 0. The molecule has 0 amide bonds. The first kappa shape index (κ1) is 11.2. The lowest BCUT2D eigenvalue weighted by Gasteiger charge is -2.11. The fourth-order valence-electron chi connectivity index (χ4n) is 1.11. The molecule has 0 spiro atoms. The first-order valence-corrected chi connectivity index (χ1v) is 4.75. The Balaban J connectivity index is 2.20. The molecule has 0 bridgehead atoms. The Morgan fingerprint density at radius 1 is 1.29 bits per heavy atom. The smallest absolute Gasteiger partial charge is 0.0844 e. The summed E-state index contributed by atoms with van der Waals surface area (Å²) in [7, 11) is 0. The average molecular weight is 196 g/mol. The molecular weight excluding hydrogens is 180 g/mol. The summed E-state index contributed by atoms with van der Waals surface area (Å²) in [6, 6.07) is 10.00. The van der Waals surface area contributed by atoms with Crippen molar-refractivity contribution in [3.63, 3.8) is 0 Å². The van der Waals surface area contributed by atoms with E-state index in [4.69, 9.17) is 9.99 Å². The zero-order valence-corrected chi connectivity index (χ0v) is 8.35. The fourth-order valence-corrected chi connectivity index (χ4v) is 1.11. The van der Waals surface area contributed by atoms with Gasteiger partial charge in [0.15, 0.2) is 0 Å². The van der Waals surface area contributed by atoms with E-state index in [-0.39, 0.29) is 6.10 Å². The van der Waals surface area contributed by atoms with Crippen molar-refractivity contribution >= 4 is 0 Å². The van der Waals surface area contributed by atoms with Gasteiger partial charge in [0.1, 0.15) is 0 Å². The maximum Gasteiger partial charge on any atom is 0.0844 e. The minimum Gasteiger partial charge on any atom is -0.374 e. The van der Waals surface area contributed by atoms with Gasteiger partial charge in [0.2, 0.25) is 0 Å². The highest BCUT2D eigenvalue weighted by Crippen LogP contribution is 2.05. The van der Waals surface area contributed by atoms with Gasteiger partial charge in [-0.3, -0.25) is 5.26 Å². The first-order chi connectivity index (χ1) is 6.83. The summed E-state index contributed by atoms with van der Waals surface area (Å²) in [6.07, 6.45) is 0.797. The zero-order valence-electron chi connectivity index (χ0n) is 8.35. The second-order valence-corrected chi connectivity index (χ2v) is 3.23. The molecule has 0 aliphatic heterocycles. The van der Waals surface area contributed by atoms with E-state index in [1.807, 2.05) is 37.3 Å². The lowest BCUT2D eigenvalue weighted by Crippen LogP contribution is -2.10. The summed E-state index contributed by atoms with van der Waals surface area (Å²) >= 11 is 0. The van der Waals surface area contributed by atoms with Gasteiger partial charge in [0.25, 0.3) is 0 Å². The molecule has 0 aliphatic rings. The monoisotopic (exact) mass is 196 g/mol. The van der Waals surface area contributed by atoms with Crippen LogP contribution in [-0.4, -0.2) is 18.0 Å². The first-order valence-electron chi connectivity index (χ1n) is 4.75. The molecular formula is C11H16O3. The number of hydrogen-bond donors (Lipinski definition) is 1. The number of ether oxygens (including phenoxy) is 1. The van der Waals surface area contributed by atoms with E-state index in [1.165, 1.54) is 0 Å². The Morgan fingerprint density at radius 3 is 2.64 bits per heavy atom. The average Bonchev–Trinajstić information content (AvgIpc) is 2.25. The molecule has 0 fully saturated rings. The van der Waals surface area contributed by atoms with Gasteiger partial charge in [0, 0.05) is 0 Å². The van der Waals surface area contributed by atoms with Gasteiger partial charge < -0.3 is 4.74 Å². The van der Waals surface area contributed by atoms with Crippen molar-refractivity contribution in [1.82, 2.24) is 0 Å². The van der Waals surface area contributed by atoms with Crippen molar-refractivity contribution < 1.29 is 14.9 Å². The highest BCUT2D eigenvalue weighted by molar-refractivity contribution is 5.13. The van der Waals surface area contributed by atoms with Crippen LogP contribution in [0.3, 0.4) is 0 Å². The molecule has 0 aromatic heterocycles. The largest absolute Gasteiger partial charge is 0.374 e. The van der Waals surface area contributed by atoms with Crippen molar-refractivity contribution in [3.8, 4) is 0 Å². The number of rotatable bonds is 6. The molecule has 14 heavy (non-hydrogen) atoms. The van der Waals surface area contributed by atoms with Crippen LogP contribution >= 0.6 is 0 Å². The zero-order chi connectivity index (χ0) is 10.2. The van der Waals surface area contributed by atoms with Crippen molar-refractivity contribution in [2.75, 3.05) is 6.61 Å². The van der Waals surface area contributed by atoms with Crippen LogP contribution in [0.1, 0.15) is 18.9 Å². The van der Waals surface area contributed by atoms with E-state index in [9.17, 15) is 0 Å². The quantitative estimate of drug-likeness (QED) is 0.561. The Labute approximate surface area is 84.2 Å². The third kappa shape index (κ3) is 4.37. The maximum absolute atomic E-state index is 8.14. The van der Waals surface area contributed by atoms with Gasteiger partial charge in [0.05, 0.1) is 19.3 Å². The molecule has 1 aromatic carbocycles. The van der Waals surface area contributed by atoms with Crippen LogP contribution < -0.4 is 0 Å². The van der Waals surface area contributed by atoms with Crippen molar-refractivity contribution in [2.24, 2.45) is 0 Å². The molecule has 0 aliphatic carbocycles. The van der Waals surface area contributed by atoms with Crippen LogP contribution in [-0.2, 0) is 16.2 Å². The summed E-state index contributed by atoms with van der Waals surface area (Å²) in [5, 5.41) is 8.14. The van der Waals surface area contributed by atoms with Crippen LogP contribution in [0.25, 0.3) is 0 Å². The van der Waals surface area contributed by atoms with Gasteiger partial charge in [-0.1, -0.05) is 30.3 Å². The SMILES string of the molecule is CC(CCOO)OCc1ccccc1. The van der Waals surface area contributed by atoms with E-state index in [0.29, 0.717) is 19.6 Å². The third-order valence-corrected chi connectivity index (χ3v) is 1.99. The summed E-state index contributed by atoms with van der Waals surface area (Å²) < 4.78 is 5.54. The van der Waals surface area contributed by atoms with Crippen LogP contribution in [0, 0.1) is 0 Å². The topological polar surface area (TPSA) is 38.7 Å². The molecule has 3 nitrogen and oxygen atoms in total. The molecule has 3 heteroatoms. The van der Waals surface area contributed by atoms with Gasteiger partial charge in [-0.25, -0.2) is 4.89 Å². The molecule has 0 heterocycles. The molecule has 1 rings (SSSR count). The van der Waals surface area contributed by atoms with Gasteiger partial charge in [-0.05, 0) is 18.9 Å². The maximum atomic E-state index is 8.14. The molecule has 0 saturated heterocycles. The molecule has 1 atom stereocenters. The van der Waals surface area contributed by atoms with E-state index < -0.39 is 0 Å². The fraction of sp³-hybridized carbons (Fsp3) is 0.455. The van der Waals surface area contributed by atoms with Crippen molar-refractivity contribution in [3.05, 3.63) is 35.9 Å². The molecule has 1 aromatic rings. The van der Waals surface area contributed by atoms with Gasteiger partial charge >= 0.3 is 0 Å². The number of hydrogen-bond acceptors (Lipinski definition) is 3. The van der Waals surface area contributed by atoms with E-state index in [2.05, 4.69) is 4.89 Å². The molecule has 1 N–H and O–H groups in total. The van der Waals surface area contributed by atoms with Crippen molar-refractivity contribution in [1.29, 1.82) is 0 Å². The van der Waals surface area contributed by atoms with Crippen LogP contribution in [0.4, 0.5) is 0 Å². The normalized spacial score (nSPS) is 12.7. The summed E-state index contributed by atoms with van der Waals surface area (Å²) in [6.45, 7) is 2.88. The van der Waals surface area contributed by atoms with Gasteiger partial charge in [-0.15, -0.1) is 0 Å². The predicted octanol–water partition coefficient (Wildman–Crippen LogP) is 2.47. The van der Waals surface area contributed by atoms with Crippen LogP contribution in [0.2, 0.25) is 0 Å². The highest BCUT2D eigenvalue weighted by Gasteiger charge is 2.02. The lowest BCUT2D eigenvalue weighted by molar-refractivity contribution is -0.246. The molecule has 78 valence electrons. The Hall–Kier alpha value is -0.900. The Kier molecular flexibility index (Phi) is 5.22. The predicted molar refractivity (Wildman–Crippen MR) is 53.9 cm³/mol. The van der Waals surface area contributed by atoms with E-state index in [1.54, 1.807) is 0 Å². The minimum absolute atomic E-state index is 0.0994. The van der Waals surface area contributed by atoms with Crippen LogP contribution in [0.5, 0.6) is 0 Å². The molecule has 0 saturated carbocycles. The summed E-state index contributed by atoms with van der Waals surface area (Å²) in [4.78, 5) is 3.98. The lowest BCUT2D eigenvalue weighted by atomic mass is 10.2. The van der Waals surface area contributed by atoms with Gasteiger partial charge in [-0.2, -0.15) is 0 Å². The Morgan fingerprint density at radius 2 is 2.00 bits per heavy atom. The van der Waals surface area contributed by atoms with E-state index >= 15 is 0 Å². The second kappa shape index (κ2) is 6.54. The minimum atomic E-state index is 0.0994. The third-order valence-electron chi connectivity index (χ3n) is 1.99. The van der Waals surface area contributed by atoms with Crippen LogP contribution in [0.15, 0.2) is 30.3 Å². The highest BCUT2D eigenvalue weighted by atomic mass is 17.1. The summed E-state index contributed by atoms with van der Waals surface area (Å²) in [5.41, 5.74) is 1.16. The van der Waals surface area contributed by atoms with Crippen molar-refractivity contribution in [2.45, 2.75) is 26.1 Å². The van der Waals surface area contributed by atoms with E-state index in [0.717, 1.165) is 5.56 Å². The standard InChI is InChI=1S/C11H16O3/c1-10(7-8-14-12)13-9-11-5-3-2-4-6-11/h2-6,10,12H,7-9H2,1H3. The molecule has 1 unspecified atom stereocenters.